The van der Waals surface area contributed by atoms with Gasteiger partial charge < -0.3 is 10.5 Å². The van der Waals surface area contributed by atoms with Crippen molar-refractivity contribution >= 4 is 23.1 Å². The number of non-ortho nitro benzene ring substituents is 1. The molecule has 2 N–H and O–H groups in total. The zero-order valence-electron chi connectivity index (χ0n) is 8.91. The molecule has 18 heavy (non-hydrogen) atoms. The van der Waals surface area contributed by atoms with Gasteiger partial charge in [0.2, 0.25) is 0 Å². The Labute approximate surface area is 106 Å². The summed E-state index contributed by atoms with van der Waals surface area (Å²) >= 11 is 5.86. The average Bonchev–Trinajstić information content (AvgIpc) is 2.34. The van der Waals surface area contributed by atoms with Crippen LogP contribution < -0.4 is 10.5 Å². The standard InChI is InChI=1S/C10H7ClN4O3/c11-7-5-6(15(16)17)1-2-8(7)18-10-9(12)13-3-4-14-10/h1-5H,(H2,12,13). The van der Waals surface area contributed by atoms with E-state index in [-0.39, 0.29) is 28.2 Å². The van der Waals surface area contributed by atoms with E-state index in [1.165, 1.54) is 30.6 Å². The van der Waals surface area contributed by atoms with Gasteiger partial charge in [0.1, 0.15) is 5.75 Å². The van der Waals surface area contributed by atoms with Gasteiger partial charge in [0.25, 0.3) is 11.6 Å². The first kappa shape index (κ1) is 12.1. The number of aromatic nitrogens is 2. The maximum absolute atomic E-state index is 10.5. The van der Waals surface area contributed by atoms with Crippen LogP contribution in [0.5, 0.6) is 11.6 Å². The minimum Gasteiger partial charge on any atom is -0.434 e. The van der Waals surface area contributed by atoms with Crippen molar-refractivity contribution < 1.29 is 9.66 Å². The number of anilines is 1. The lowest BCUT2D eigenvalue weighted by Crippen LogP contribution is -1.97. The molecule has 0 unspecified atom stereocenters. The van der Waals surface area contributed by atoms with E-state index in [1.54, 1.807) is 0 Å². The highest BCUT2D eigenvalue weighted by Gasteiger charge is 2.12. The molecule has 0 radical (unpaired) electrons. The third kappa shape index (κ3) is 2.46. The Balaban J connectivity index is 2.30. The normalized spacial score (nSPS) is 10.1. The minimum atomic E-state index is -0.549. The predicted molar refractivity (Wildman–Crippen MR) is 64.6 cm³/mol. The number of nitrogen functional groups attached to an aromatic ring is 1. The first-order chi connectivity index (χ1) is 8.58. The van der Waals surface area contributed by atoms with E-state index < -0.39 is 4.92 Å². The van der Waals surface area contributed by atoms with Gasteiger partial charge in [0, 0.05) is 24.5 Å². The van der Waals surface area contributed by atoms with E-state index in [4.69, 9.17) is 22.1 Å². The molecule has 0 aliphatic carbocycles. The van der Waals surface area contributed by atoms with Gasteiger partial charge >= 0.3 is 0 Å². The van der Waals surface area contributed by atoms with E-state index in [0.29, 0.717) is 0 Å². The third-order valence-electron chi connectivity index (χ3n) is 2.02. The van der Waals surface area contributed by atoms with Crippen LogP contribution in [0.4, 0.5) is 11.5 Å². The highest BCUT2D eigenvalue weighted by atomic mass is 35.5. The molecule has 0 aliphatic heterocycles. The van der Waals surface area contributed by atoms with Crippen LogP contribution in [0.25, 0.3) is 0 Å². The Morgan fingerprint density at radius 2 is 2.06 bits per heavy atom. The second-order valence-electron chi connectivity index (χ2n) is 3.22. The van der Waals surface area contributed by atoms with Crippen LogP contribution in [0.2, 0.25) is 5.02 Å². The number of nitro groups is 1. The van der Waals surface area contributed by atoms with Gasteiger partial charge in [0.05, 0.1) is 9.95 Å². The number of rotatable bonds is 3. The number of hydrogen-bond acceptors (Lipinski definition) is 6. The van der Waals surface area contributed by atoms with Crippen molar-refractivity contribution in [2.75, 3.05) is 5.73 Å². The van der Waals surface area contributed by atoms with Gasteiger partial charge in [-0.25, -0.2) is 9.97 Å². The van der Waals surface area contributed by atoms with Crippen molar-refractivity contribution in [2.24, 2.45) is 0 Å². The van der Waals surface area contributed by atoms with Crippen LogP contribution in [0.3, 0.4) is 0 Å². The Kier molecular flexibility index (Phi) is 3.24. The molecule has 0 amide bonds. The topological polar surface area (TPSA) is 104 Å². The lowest BCUT2D eigenvalue weighted by atomic mass is 10.3. The second kappa shape index (κ2) is 4.84. The molecule has 0 fully saturated rings. The Hall–Kier alpha value is -2.41. The number of halogens is 1. The van der Waals surface area contributed by atoms with Crippen LogP contribution in [-0.2, 0) is 0 Å². The number of nitro benzene ring substituents is 1. The van der Waals surface area contributed by atoms with E-state index in [9.17, 15) is 10.1 Å². The van der Waals surface area contributed by atoms with Crippen molar-refractivity contribution in [1.29, 1.82) is 0 Å². The molecular formula is C10H7ClN4O3. The van der Waals surface area contributed by atoms with Crippen LogP contribution in [0, 0.1) is 10.1 Å². The van der Waals surface area contributed by atoms with Crippen molar-refractivity contribution in [1.82, 2.24) is 9.97 Å². The monoisotopic (exact) mass is 266 g/mol. The Morgan fingerprint density at radius 3 is 2.67 bits per heavy atom. The molecule has 0 spiro atoms. The largest absolute Gasteiger partial charge is 0.434 e. The fraction of sp³-hybridized carbons (Fsp3) is 0. The fourth-order valence-corrected chi connectivity index (χ4v) is 1.42. The Bertz CT molecular complexity index is 605. The first-order valence-corrected chi connectivity index (χ1v) is 5.14. The van der Waals surface area contributed by atoms with Crippen LogP contribution in [0.1, 0.15) is 0 Å². The molecule has 2 rings (SSSR count). The Morgan fingerprint density at radius 1 is 1.33 bits per heavy atom. The molecule has 8 heteroatoms. The van der Waals surface area contributed by atoms with Crippen molar-refractivity contribution in [3.8, 4) is 11.6 Å². The van der Waals surface area contributed by atoms with E-state index in [0.717, 1.165) is 0 Å². The average molecular weight is 267 g/mol. The molecule has 92 valence electrons. The first-order valence-electron chi connectivity index (χ1n) is 4.76. The van der Waals surface area contributed by atoms with Gasteiger partial charge in [-0.1, -0.05) is 11.6 Å². The zero-order valence-corrected chi connectivity index (χ0v) is 9.66. The molecule has 0 saturated carbocycles. The molecule has 1 aromatic heterocycles. The highest BCUT2D eigenvalue weighted by molar-refractivity contribution is 6.32. The number of benzene rings is 1. The van der Waals surface area contributed by atoms with E-state index in [1.807, 2.05) is 0 Å². The quantitative estimate of drug-likeness (QED) is 0.676. The highest BCUT2D eigenvalue weighted by Crippen LogP contribution is 2.32. The minimum absolute atomic E-state index is 0.0910. The summed E-state index contributed by atoms with van der Waals surface area (Å²) in [4.78, 5) is 17.7. The number of ether oxygens (including phenoxy) is 1. The van der Waals surface area contributed by atoms with E-state index >= 15 is 0 Å². The molecular weight excluding hydrogens is 260 g/mol. The molecule has 0 aliphatic rings. The summed E-state index contributed by atoms with van der Waals surface area (Å²) in [5, 5.41) is 10.6. The molecule has 0 atom stereocenters. The summed E-state index contributed by atoms with van der Waals surface area (Å²) in [5.74, 6) is 0.412. The third-order valence-corrected chi connectivity index (χ3v) is 2.32. The van der Waals surface area contributed by atoms with Crippen LogP contribution in [-0.4, -0.2) is 14.9 Å². The SMILES string of the molecule is Nc1nccnc1Oc1ccc([N+](=O)[O-])cc1Cl. The number of nitrogens with zero attached hydrogens (tertiary/aromatic N) is 3. The zero-order chi connectivity index (χ0) is 13.1. The van der Waals surface area contributed by atoms with Gasteiger partial charge in [0.15, 0.2) is 5.82 Å². The summed E-state index contributed by atoms with van der Waals surface area (Å²) < 4.78 is 5.32. The summed E-state index contributed by atoms with van der Waals surface area (Å²) in [6, 6.07) is 3.83. The lowest BCUT2D eigenvalue weighted by molar-refractivity contribution is -0.384. The van der Waals surface area contributed by atoms with Crippen LogP contribution in [0.15, 0.2) is 30.6 Å². The molecule has 1 heterocycles. The summed E-state index contributed by atoms with van der Waals surface area (Å²) in [5.41, 5.74) is 5.42. The molecule has 7 nitrogen and oxygen atoms in total. The molecule has 0 bridgehead atoms. The lowest BCUT2D eigenvalue weighted by Gasteiger charge is -2.07. The summed E-state index contributed by atoms with van der Waals surface area (Å²) in [6.07, 6.45) is 2.82. The number of hydrogen-bond donors (Lipinski definition) is 1. The molecule has 1 aromatic carbocycles. The van der Waals surface area contributed by atoms with Crippen molar-refractivity contribution in [3.63, 3.8) is 0 Å². The smallest absolute Gasteiger partial charge is 0.271 e. The maximum Gasteiger partial charge on any atom is 0.271 e. The van der Waals surface area contributed by atoms with Crippen LogP contribution >= 0.6 is 11.6 Å². The molecule has 2 aromatic rings. The van der Waals surface area contributed by atoms with Gasteiger partial charge in [-0.15, -0.1) is 0 Å². The van der Waals surface area contributed by atoms with Gasteiger partial charge in [-0.3, -0.25) is 10.1 Å². The fourth-order valence-electron chi connectivity index (χ4n) is 1.20. The number of nitrogens with two attached hydrogens (primary N) is 1. The summed E-state index contributed by atoms with van der Waals surface area (Å²) in [6.45, 7) is 0. The van der Waals surface area contributed by atoms with Gasteiger partial charge in [-0.05, 0) is 6.07 Å². The van der Waals surface area contributed by atoms with Gasteiger partial charge in [-0.2, -0.15) is 0 Å². The second-order valence-corrected chi connectivity index (χ2v) is 3.63. The maximum atomic E-state index is 10.5. The van der Waals surface area contributed by atoms with E-state index in [2.05, 4.69) is 9.97 Å². The molecule has 0 saturated heterocycles. The predicted octanol–water partition coefficient (Wildman–Crippen LogP) is 2.41. The van der Waals surface area contributed by atoms with Crippen molar-refractivity contribution in [3.05, 3.63) is 45.7 Å². The summed E-state index contributed by atoms with van der Waals surface area (Å²) in [7, 11) is 0. The van der Waals surface area contributed by atoms with Crippen molar-refractivity contribution in [2.45, 2.75) is 0 Å².